The molecule has 0 aliphatic carbocycles. The fraction of sp³-hybridized carbons (Fsp3) is 0.316. The van der Waals surface area contributed by atoms with Gasteiger partial charge in [-0.2, -0.15) is 0 Å². The lowest BCUT2D eigenvalue weighted by Crippen LogP contribution is -2.35. The van der Waals surface area contributed by atoms with Gasteiger partial charge in [-0.25, -0.2) is 19.2 Å². The van der Waals surface area contributed by atoms with E-state index >= 15 is 0 Å². The monoisotopic (exact) mass is 371 g/mol. The molecule has 142 valence electrons. The number of halogens is 1. The zero-order valence-electron chi connectivity index (χ0n) is 15.6. The zero-order chi connectivity index (χ0) is 19.6. The Morgan fingerprint density at radius 3 is 2.56 bits per heavy atom. The van der Waals surface area contributed by atoms with Crippen LogP contribution in [0.3, 0.4) is 0 Å². The molecule has 1 aromatic carbocycles. The predicted octanol–water partition coefficient (Wildman–Crippen LogP) is 4.23. The number of aryl methyl sites for hydroxylation is 1. The molecule has 3 N–H and O–H groups in total. The molecule has 27 heavy (non-hydrogen) atoms. The number of fused-ring (bicyclic) bond motifs is 1. The Bertz CT molecular complexity index is 953. The first kappa shape index (κ1) is 18.6. The lowest BCUT2D eigenvalue weighted by molar-refractivity contribution is 0.241. The Labute approximate surface area is 156 Å². The van der Waals surface area contributed by atoms with Crippen LogP contribution < -0.4 is 16.0 Å². The number of hydrogen-bond acceptors (Lipinski definition) is 5. The summed E-state index contributed by atoms with van der Waals surface area (Å²) in [5.41, 5.74) is 1.87. The number of nitrogens with zero attached hydrogens (tertiary/aromatic N) is 2. The van der Waals surface area contributed by atoms with E-state index < -0.39 is 6.03 Å². The minimum absolute atomic E-state index is 0.0581. The summed E-state index contributed by atoms with van der Waals surface area (Å²) in [5, 5.41) is 9.14. The number of urea groups is 1. The summed E-state index contributed by atoms with van der Waals surface area (Å²) in [6.07, 6.45) is 3.02. The topological polar surface area (TPSA) is 92.1 Å². The number of amides is 2. The van der Waals surface area contributed by atoms with E-state index in [2.05, 4.69) is 25.9 Å². The van der Waals surface area contributed by atoms with Gasteiger partial charge in [-0.05, 0) is 31.0 Å². The summed E-state index contributed by atoms with van der Waals surface area (Å²) in [6, 6.07) is 3.61. The van der Waals surface area contributed by atoms with E-state index in [0.29, 0.717) is 28.4 Å². The molecule has 0 bridgehead atoms. The Kier molecular flexibility index (Phi) is 5.25. The third kappa shape index (κ3) is 3.99. The molecule has 8 heteroatoms. The first-order valence-electron chi connectivity index (χ1n) is 8.65. The first-order chi connectivity index (χ1) is 12.9. The number of hydrogen-bond donors (Lipinski definition) is 3. The maximum Gasteiger partial charge on any atom is 0.319 e. The maximum atomic E-state index is 13.6. The van der Waals surface area contributed by atoms with Crippen molar-refractivity contribution in [2.24, 2.45) is 5.92 Å². The molecule has 3 rings (SSSR count). The van der Waals surface area contributed by atoms with Crippen molar-refractivity contribution in [3.05, 3.63) is 47.7 Å². The maximum absolute atomic E-state index is 13.6. The normalized spacial score (nSPS) is 12.2. The van der Waals surface area contributed by atoms with Crippen molar-refractivity contribution in [1.82, 2.24) is 15.3 Å². The average Bonchev–Trinajstić information content (AvgIpc) is 2.96. The lowest BCUT2D eigenvalue weighted by atomic mass is 9.98. The van der Waals surface area contributed by atoms with Gasteiger partial charge in [-0.3, -0.25) is 0 Å². The first-order valence-corrected chi connectivity index (χ1v) is 8.65. The molecule has 2 heterocycles. The smallest absolute Gasteiger partial charge is 0.319 e. The Balaban J connectivity index is 1.81. The van der Waals surface area contributed by atoms with Crippen molar-refractivity contribution in [1.29, 1.82) is 0 Å². The van der Waals surface area contributed by atoms with Crippen molar-refractivity contribution in [3.8, 4) is 0 Å². The van der Waals surface area contributed by atoms with E-state index in [4.69, 9.17) is 4.42 Å². The molecule has 1 atom stereocenters. The highest BCUT2D eigenvalue weighted by atomic mass is 19.1. The second-order valence-electron chi connectivity index (χ2n) is 6.60. The van der Waals surface area contributed by atoms with Crippen LogP contribution in [0.5, 0.6) is 0 Å². The minimum atomic E-state index is -0.402. The van der Waals surface area contributed by atoms with E-state index in [1.807, 2.05) is 20.8 Å². The van der Waals surface area contributed by atoms with Gasteiger partial charge >= 0.3 is 6.03 Å². The van der Waals surface area contributed by atoms with Crippen molar-refractivity contribution in [2.45, 2.75) is 26.8 Å². The SMILES string of the molecule is CNc1ncc(NC(=O)NC(c2oc3ccc(F)cc3c2C)C(C)C)cn1. The highest BCUT2D eigenvalue weighted by molar-refractivity contribution is 5.89. The van der Waals surface area contributed by atoms with Crippen LogP contribution in [-0.2, 0) is 0 Å². The van der Waals surface area contributed by atoms with Crippen molar-refractivity contribution >= 4 is 28.6 Å². The molecule has 1 unspecified atom stereocenters. The zero-order valence-corrected chi connectivity index (χ0v) is 15.6. The van der Waals surface area contributed by atoms with Crippen LogP contribution >= 0.6 is 0 Å². The van der Waals surface area contributed by atoms with Gasteiger partial charge in [-0.1, -0.05) is 13.8 Å². The second kappa shape index (κ2) is 7.61. The molecule has 2 amide bonds. The van der Waals surface area contributed by atoms with Gasteiger partial charge in [0.1, 0.15) is 17.2 Å². The number of nitrogens with one attached hydrogen (secondary N) is 3. The summed E-state index contributed by atoms with van der Waals surface area (Å²) in [4.78, 5) is 20.6. The van der Waals surface area contributed by atoms with E-state index in [0.717, 1.165) is 5.56 Å². The van der Waals surface area contributed by atoms with Gasteiger partial charge in [-0.15, -0.1) is 0 Å². The molecule has 2 aromatic heterocycles. The van der Waals surface area contributed by atoms with Gasteiger partial charge in [0, 0.05) is 18.0 Å². The number of furan rings is 1. The Morgan fingerprint density at radius 2 is 1.93 bits per heavy atom. The van der Waals surface area contributed by atoms with Crippen LogP contribution in [0.4, 0.5) is 20.8 Å². The Hall–Kier alpha value is -3.16. The predicted molar refractivity (Wildman–Crippen MR) is 102 cm³/mol. The summed E-state index contributed by atoms with van der Waals surface area (Å²) < 4.78 is 19.5. The summed E-state index contributed by atoms with van der Waals surface area (Å²) >= 11 is 0. The number of benzene rings is 1. The van der Waals surface area contributed by atoms with Crippen LogP contribution in [0.15, 0.2) is 35.0 Å². The van der Waals surface area contributed by atoms with Gasteiger partial charge in [0.2, 0.25) is 5.95 Å². The molecular formula is C19H22FN5O2. The minimum Gasteiger partial charge on any atom is -0.459 e. The highest BCUT2D eigenvalue weighted by Crippen LogP contribution is 2.33. The molecule has 0 saturated carbocycles. The largest absolute Gasteiger partial charge is 0.459 e. The number of rotatable bonds is 5. The quantitative estimate of drug-likeness (QED) is 0.624. The van der Waals surface area contributed by atoms with Crippen LogP contribution in [-0.4, -0.2) is 23.0 Å². The molecule has 0 saturated heterocycles. The second-order valence-corrected chi connectivity index (χ2v) is 6.60. The molecule has 0 aliphatic rings. The number of anilines is 2. The van der Waals surface area contributed by atoms with E-state index in [-0.39, 0.29) is 17.8 Å². The number of carbonyl (C=O) groups excluding carboxylic acids is 1. The van der Waals surface area contributed by atoms with Gasteiger partial charge in [0.05, 0.1) is 24.1 Å². The van der Waals surface area contributed by atoms with Crippen LogP contribution in [0.2, 0.25) is 0 Å². The lowest BCUT2D eigenvalue weighted by Gasteiger charge is -2.21. The molecule has 0 radical (unpaired) electrons. The third-order valence-electron chi connectivity index (χ3n) is 4.30. The molecule has 3 aromatic rings. The highest BCUT2D eigenvalue weighted by Gasteiger charge is 2.25. The molecule has 7 nitrogen and oxygen atoms in total. The van der Waals surface area contributed by atoms with Gasteiger partial charge < -0.3 is 20.4 Å². The van der Waals surface area contributed by atoms with E-state index in [1.54, 1.807) is 13.1 Å². The van der Waals surface area contributed by atoms with Crippen LogP contribution in [0, 0.1) is 18.7 Å². The molecule has 0 aliphatic heterocycles. The van der Waals surface area contributed by atoms with Crippen LogP contribution in [0.1, 0.15) is 31.2 Å². The number of aromatic nitrogens is 2. The van der Waals surface area contributed by atoms with Crippen molar-refractivity contribution in [3.63, 3.8) is 0 Å². The number of carbonyl (C=O) groups is 1. The van der Waals surface area contributed by atoms with Gasteiger partial charge in [0.25, 0.3) is 0 Å². The molecular weight excluding hydrogens is 349 g/mol. The summed E-state index contributed by atoms with van der Waals surface area (Å²) in [5.74, 6) is 0.811. The third-order valence-corrected chi connectivity index (χ3v) is 4.30. The fourth-order valence-electron chi connectivity index (χ4n) is 2.87. The van der Waals surface area contributed by atoms with Gasteiger partial charge in [0.15, 0.2) is 0 Å². The van der Waals surface area contributed by atoms with Crippen LogP contribution in [0.25, 0.3) is 11.0 Å². The summed E-state index contributed by atoms with van der Waals surface area (Å²) in [7, 11) is 1.71. The average molecular weight is 371 g/mol. The molecule has 0 fully saturated rings. The van der Waals surface area contributed by atoms with Crippen molar-refractivity contribution in [2.75, 3.05) is 17.7 Å². The Morgan fingerprint density at radius 1 is 1.22 bits per heavy atom. The standard InChI is InChI=1S/C19H22FN5O2/c1-10(2)16(17-11(3)14-7-12(20)5-6-15(14)27-17)25-19(26)24-13-8-22-18(21-4)23-9-13/h5-10,16H,1-4H3,(H,21,22,23)(H2,24,25,26). The molecule has 0 spiro atoms. The van der Waals surface area contributed by atoms with Crippen molar-refractivity contribution < 1.29 is 13.6 Å². The summed E-state index contributed by atoms with van der Waals surface area (Å²) in [6.45, 7) is 5.81. The van der Waals surface area contributed by atoms with E-state index in [1.165, 1.54) is 24.5 Å². The fourth-order valence-corrected chi connectivity index (χ4v) is 2.87. The van der Waals surface area contributed by atoms with E-state index in [9.17, 15) is 9.18 Å².